The lowest BCUT2D eigenvalue weighted by atomic mass is 9.98. The van der Waals surface area contributed by atoms with E-state index >= 15 is 0 Å². The van der Waals surface area contributed by atoms with Gasteiger partial charge >= 0.3 is 5.97 Å². The predicted octanol–water partition coefficient (Wildman–Crippen LogP) is 6.55. The first-order valence-corrected chi connectivity index (χ1v) is 12.6. The molecule has 0 aliphatic heterocycles. The standard InChI is InChI=1S/C30H29N3O4/c1-19(14-29(35)36)21-7-10-25(11-8-21)37-18-20-6-12-26-27(15-20)33(24-4-2-3-5-24)32-30(26)22-9-13-28(34)23(16-22)17-31/h6-13,15-16,19,24,34H,2-5,14,18H2,1H3,(H,35,36)/t19-/m0/s1. The third-order valence-corrected chi connectivity index (χ3v) is 7.17. The highest BCUT2D eigenvalue weighted by molar-refractivity contribution is 5.94. The SMILES string of the molecule is C[C@@H](CC(=O)O)c1ccc(OCc2ccc3c(-c4ccc(O)c(C#N)c4)nn(C4CCCC4)c3c2)cc1. The van der Waals surface area contributed by atoms with Gasteiger partial charge in [-0.05, 0) is 66.3 Å². The normalized spacial score (nSPS) is 14.5. The van der Waals surface area contributed by atoms with Crippen LogP contribution >= 0.6 is 0 Å². The fraction of sp³-hybridized carbons (Fsp3) is 0.300. The number of carboxylic acid groups (broad SMARTS) is 1. The first-order valence-electron chi connectivity index (χ1n) is 12.6. The molecular formula is C30H29N3O4. The van der Waals surface area contributed by atoms with E-state index in [0.29, 0.717) is 12.6 Å². The minimum atomic E-state index is -0.806. The fourth-order valence-electron chi connectivity index (χ4n) is 5.12. The molecule has 188 valence electrons. The second-order valence-corrected chi connectivity index (χ2v) is 9.78. The topological polar surface area (TPSA) is 108 Å². The van der Waals surface area contributed by atoms with Crippen molar-refractivity contribution in [3.63, 3.8) is 0 Å². The van der Waals surface area contributed by atoms with Crippen molar-refractivity contribution in [1.29, 1.82) is 5.26 Å². The first kappa shape index (κ1) is 24.4. The summed E-state index contributed by atoms with van der Waals surface area (Å²) in [6.45, 7) is 2.29. The van der Waals surface area contributed by atoms with Gasteiger partial charge in [0.05, 0.1) is 23.5 Å². The lowest BCUT2D eigenvalue weighted by Crippen LogP contribution is -2.06. The molecule has 0 unspecified atom stereocenters. The average molecular weight is 496 g/mol. The van der Waals surface area contributed by atoms with E-state index in [1.165, 1.54) is 12.8 Å². The van der Waals surface area contributed by atoms with E-state index in [1.54, 1.807) is 18.2 Å². The number of carbonyl (C=O) groups is 1. The number of benzene rings is 3. The summed E-state index contributed by atoms with van der Waals surface area (Å²) in [7, 11) is 0. The number of phenols is 1. The number of aromatic hydroxyl groups is 1. The Kier molecular flexibility index (Phi) is 6.82. The Labute approximate surface area is 215 Å². The summed E-state index contributed by atoms with van der Waals surface area (Å²) in [4.78, 5) is 11.0. The Morgan fingerprint density at radius 2 is 1.89 bits per heavy atom. The minimum Gasteiger partial charge on any atom is -0.507 e. The van der Waals surface area contributed by atoms with Gasteiger partial charge < -0.3 is 14.9 Å². The lowest BCUT2D eigenvalue weighted by Gasteiger charge is -2.13. The highest BCUT2D eigenvalue weighted by Crippen LogP contribution is 2.37. The molecule has 0 spiro atoms. The molecule has 1 aliphatic carbocycles. The zero-order valence-electron chi connectivity index (χ0n) is 20.7. The molecule has 37 heavy (non-hydrogen) atoms. The molecule has 1 aliphatic rings. The van der Waals surface area contributed by atoms with Crippen LogP contribution in [0.5, 0.6) is 11.5 Å². The molecule has 1 atom stereocenters. The molecule has 7 heteroatoms. The van der Waals surface area contributed by atoms with Crippen LogP contribution in [-0.4, -0.2) is 26.0 Å². The van der Waals surface area contributed by atoms with Crippen LogP contribution in [0.15, 0.2) is 60.7 Å². The maximum absolute atomic E-state index is 11.0. The average Bonchev–Trinajstić information content (AvgIpc) is 3.56. The van der Waals surface area contributed by atoms with Crippen molar-refractivity contribution in [2.45, 2.75) is 57.6 Å². The number of fused-ring (bicyclic) bond motifs is 1. The minimum absolute atomic E-state index is 0.0328. The maximum atomic E-state index is 11.0. The Bertz CT molecular complexity index is 1480. The van der Waals surface area contributed by atoms with Crippen molar-refractivity contribution in [2.24, 2.45) is 0 Å². The molecule has 7 nitrogen and oxygen atoms in total. The number of hydrogen-bond donors (Lipinski definition) is 2. The largest absolute Gasteiger partial charge is 0.507 e. The summed E-state index contributed by atoms with van der Waals surface area (Å²) in [5.74, 6) is -0.171. The number of phenolic OH excluding ortho intramolecular Hbond substituents is 1. The maximum Gasteiger partial charge on any atom is 0.303 e. The van der Waals surface area contributed by atoms with E-state index in [4.69, 9.17) is 14.9 Å². The number of ether oxygens (including phenoxy) is 1. The van der Waals surface area contributed by atoms with E-state index < -0.39 is 5.97 Å². The van der Waals surface area contributed by atoms with Gasteiger partial charge in [0.15, 0.2) is 0 Å². The molecule has 0 amide bonds. The van der Waals surface area contributed by atoms with Crippen molar-refractivity contribution in [3.05, 3.63) is 77.4 Å². The second kappa shape index (κ2) is 10.4. The van der Waals surface area contributed by atoms with Gasteiger partial charge in [-0.2, -0.15) is 10.4 Å². The van der Waals surface area contributed by atoms with Gasteiger partial charge in [0.1, 0.15) is 29.9 Å². The first-order chi connectivity index (χ1) is 17.9. The smallest absolute Gasteiger partial charge is 0.303 e. The Morgan fingerprint density at radius 1 is 1.14 bits per heavy atom. The summed E-state index contributed by atoms with van der Waals surface area (Å²) in [6, 6.07) is 21.2. The summed E-state index contributed by atoms with van der Waals surface area (Å²) < 4.78 is 8.17. The van der Waals surface area contributed by atoms with Crippen molar-refractivity contribution in [3.8, 4) is 28.8 Å². The molecule has 1 heterocycles. The number of nitriles is 1. The second-order valence-electron chi connectivity index (χ2n) is 9.78. The number of aromatic nitrogens is 2. The molecular weight excluding hydrogens is 466 g/mol. The third-order valence-electron chi connectivity index (χ3n) is 7.17. The fourth-order valence-corrected chi connectivity index (χ4v) is 5.12. The van der Waals surface area contributed by atoms with Crippen molar-refractivity contribution >= 4 is 16.9 Å². The van der Waals surface area contributed by atoms with E-state index in [0.717, 1.165) is 51.9 Å². The highest BCUT2D eigenvalue weighted by Gasteiger charge is 2.23. The van der Waals surface area contributed by atoms with Crippen LogP contribution in [0.2, 0.25) is 0 Å². The van der Waals surface area contributed by atoms with Crippen molar-refractivity contribution < 1.29 is 19.7 Å². The zero-order valence-corrected chi connectivity index (χ0v) is 20.7. The van der Waals surface area contributed by atoms with E-state index in [1.807, 2.05) is 43.3 Å². The summed E-state index contributed by atoms with van der Waals surface area (Å²) >= 11 is 0. The molecule has 3 aromatic carbocycles. The van der Waals surface area contributed by atoms with Crippen LogP contribution in [0.1, 0.15) is 67.7 Å². The summed E-state index contributed by atoms with van der Waals surface area (Å²) in [5, 5.41) is 34.3. The van der Waals surface area contributed by atoms with Gasteiger partial charge in [-0.25, -0.2) is 0 Å². The van der Waals surface area contributed by atoms with Gasteiger partial charge in [0, 0.05) is 10.9 Å². The van der Waals surface area contributed by atoms with Crippen LogP contribution < -0.4 is 4.74 Å². The number of nitrogens with zero attached hydrogens (tertiary/aromatic N) is 3. The number of hydrogen-bond acceptors (Lipinski definition) is 5. The van der Waals surface area contributed by atoms with Crippen LogP contribution in [0.3, 0.4) is 0 Å². The van der Waals surface area contributed by atoms with Gasteiger partial charge in [0.2, 0.25) is 0 Å². The molecule has 1 aromatic heterocycles. The lowest BCUT2D eigenvalue weighted by molar-refractivity contribution is -0.137. The Hall–Kier alpha value is -4.31. The third kappa shape index (κ3) is 5.14. The molecule has 5 rings (SSSR count). The van der Waals surface area contributed by atoms with E-state index in [-0.39, 0.29) is 23.7 Å². The molecule has 0 saturated heterocycles. The monoisotopic (exact) mass is 495 g/mol. The van der Waals surface area contributed by atoms with E-state index in [2.05, 4.69) is 16.8 Å². The van der Waals surface area contributed by atoms with Crippen molar-refractivity contribution in [2.75, 3.05) is 0 Å². The van der Waals surface area contributed by atoms with Gasteiger partial charge in [-0.1, -0.05) is 44.0 Å². The zero-order chi connectivity index (χ0) is 25.9. The predicted molar refractivity (Wildman–Crippen MR) is 140 cm³/mol. The molecule has 0 bridgehead atoms. The molecule has 4 aromatic rings. The van der Waals surface area contributed by atoms with Crippen LogP contribution in [0.4, 0.5) is 0 Å². The number of aliphatic carboxylic acids is 1. The highest BCUT2D eigenvalue weighted by atomic mass is 16.5. The summed E-state index contributed by atoms with van der Waals surface area (Å²) in [6.07, 6.45) is 4.64. The molecule has 1 fully saturated rings. The van der Waals surface area contributed by atoms with Crippen LogP contribution in [-0.2, 0) is 11.4 Å². The number of rotatable bonds is 8. The summed E-state index contributed by atoms with van der Waals surface area (Å²) in [5.41, 5.74) is 4.86. The molecule has 1 saturated carbocycles. The van der Waals surface area contributed by atoms with Crippen molar-refractivity contribution in [1.82, 2.24) is 9.78 Å². The van der Waals surface area contributed by atoms with Gasteiger partial charge in [-0.15, -0.1) is 0 Å². The Morgan fingerprint density at radius 3 is 2.59 bits per heavy atom. The van der Waals surface area contributed by atoms with Gasteiger partial charge in [-0.3, -0.25) is 9.48 Å². The van der Waals surface area contributed by atoms with Crippen LogP contribution in [0.25, 0.3) is 22.2 Å². The molecule has 0 radical (unpaired) electrons. The molecule has 2 N–H and O–H groups in total. The number of carboxylic acids is 1. The van der Waals surface area contributed by atoms with Crippen LogP contribution in [0, 0.1) is 11.3 Å². The van der Waals surface area contributed by atoms with E-state index in [9.17, 15) is 15.2 Å². The Balaban J connectivity index is 1.42. The quantitative estimate of drug-likeness (QED) is 0.287. The van der Waals surface area contributed by atoms with Gasteiger partial charge in [0.25, 0.3) is 0 Å².